The zero-order chi connectivity index (χ0) is 8.27. The van der Waals surface area contributed by atoms with Crippen molar-refractivity contribution in [2.24, 2.45) is 0 Å². The van der Waals surface area contributed by atoms with Gasteiger partial charge in [0.25, 0.3) is 0 Å². The van der Waals surface area contributed by atoms with Gasteiger partial charge in [0.05, 0.1) is 5.69 Å². The van der Waals surface area contributed by atoms with Gasteiger partial charge in [0.1, 0.15) is 5.75 Å². The minimum atomic E-state index is 0.158. The summed E-state index contributed by atoms with van der Waals surface area (Å²) in [6.45, 7) is 2.08. The molecule has 2 nitrogen and oxygen atoms in total. The smallest absolute Gasteiger partial charge is 0.138 e. The number of thioether (sulfide) groups is 1. The Kier molecular flexibility index (Phi) is 2.65. The van der Waals surface area contributed by atoms with Gasteiger partial charge in [0.2, 0.25) is 0 Å². The third-order valence-corrected chi connectivity index (χ3v) is 2.19. The van der Waals surface area contributed by atoms with E-state index >= 15 is 0 Å². The second-order valence-electron chi connectivity index (χ2n) is 2.15. The highest BCUT2D eigenvalue weighted by atomic mass is 32.2. The maximum absolute atomic E-state index is 9.08. The lowest BCUT2D eigenvalue weighted by Gasteiger charge is -2.01. The van der Waals surface area contributed by atoms with Gasteiger partial charge in [-0.1, -0.05) is 6.92 Å². The molecule has 0 saturated carbocycles. The molecule has 0 aromatic heterocycles. The van der Waals surface area contributed by atoms with Crippen molar-refractivity contribution in [3.05, 3.63) is 18.2 Å². The maximum Gasteiger partial charge on any atom is 0.138 e. The van der Waals surface area contributed by atoms with Gasteiger partial charge >= 0.3 is 0 Å². The monoisotopic (exact) mass is 169 g/mol. The summed E-state index contributed by atoms with van der Waals surface area (Å²) in [7, 11) is 0. The Morgan fingerprint density at radius 1 is 1.55 bits per heavy atom. The summed E-state index contributed by atoms with van der Waals surface area (Å²) < 4.78 is 0. The highest BCUT2D eigenvalue weighted by molar-refractivity contribution is 7.99. The van der Waals surface area contributed by atoms with E-state index in [9.17, 15) is 0 Å². The van der Waals surface area contributed by atoms with Gasteiger partial charge in [-0.05, 0) is 24.0 Å². The van der Waals surface area contributed by atoms with E-state index in [1.807, 2.05) is 6.07 Å². The standard InChI is InChI=1S/C8H11NOS/c1-2-11-6-3-4-8(10)7(9)5-6/h3-5,10H,2,9H2,1H3. The van der Waals surface area contributed by atoms with E-state index in [1.54, 1.807) is 23.9 Å². The highest BCUT2D eigenvalue weighted by Gasteiger charge is 1.97. The molecular formula is C8H11NOS. The first kappa shape index (κ1) is 8.27. The molecule has 0 aliphatic rings. The summed E-state index contributed by atoms with van der Waals surface area (Å²) in [6, 6.07) is 5.26. The Morgan fingerprint density at radius 3 is 2.82 bits per heavy atom. The molecule has 0 heterocycles. The minimum absolute atomic E-state index is 0.158. The van der Waals surface area contributed by atoms with Crippen molar-refractivity contribution in [1.29, 1.82) is 0 Å². The van der Waals surface area contributed by atoms with Crippen LogP contribution in [-0.4, -0.2) is 10.9 Å². The molecule has 0 saturated heterocycles. The van der Waals surface area contributed by atoms with E-state index < -0.39 is 0 Å². The van der Waals surface area contributed by atoms with Crippen LogP contribution in [0.1, 0.15) is 6.92 Å². The molecule has 0 fully saturated rings. The van der Waals surface area contributed by atoms with E-state index in [1.165, 1.54) is 0 Å². The molecule has 1 rings (SSSR count). The molecule has 3 N–H and O–H groups in total. The molecule has 60 valence electrons. The number of rotatable bonds is 2. The second kappa shape index (κ2) is 3.53. The summed E-state index contributed by atoms with van der Waals surface area (Å²) in [5, 5.41) is 9.08. The van der Waals surface area contributed by atoms with E-state index in [-0.39, 0.29) is 5.75 Å². The lowest BCUT2D eigenvalue weighted by Crippen LogP contribution is -1.85. The summed E-state index contributed by atoms with van der Waals surface area (Å²) in [5.74, 6) is 1.18. The number of phenolic OH excluding ortho intramolecular Hbond substituents is 1. The van der Waals surface area contributed by atoms with Crippen molar-refractivity contribution in [2.45, 2.75) is 11.8 Å². The second-order valence-corrected chi connectivity index (χ2v) is 3.49. The predicted molar refractivity (Wildman–Crippen MR) is 48.9 cm³/mol. The first-order valence-electron chi connectivity index (χ1n) is 3.45. The molecule has 0 bridgehead atoms. The SMILES string of the molecule is CCSc1ccc(O)c(N)c1. The lowest BCUT2D eigenvalue weighted by atomic mass is 10.3. The number of hydrogen-bond donors (Lipinski definition) is 2. The largest absolute Gasteiger partial charge is 0.506 e. The van der Waals surface area contributed by atoms with Crippen LogP contribution in [0, 0.1) is 0 Å². The van der Waals surface area contributed by atoms with Crippen LogP contribution in [0.5, 0.6) is 5.75 Å². The van der Waals surface area contributed by atoms with Crippen LogP contribution in [0.3, 0.4) is 0 Å². The van der Waals surface area contributed by atoms with E-state index in [0.29, 0.717) is 5.69 Å². The summed E-state index contributed by atoms with van der Waals surface area (Å²) in [4.78, 5) is 1.10. The normalized spacial score (nSPS) is 9.91. The van der Waals surface area contributed by atoms with Crippen LogP contribution >= 0.6 is 11.8 Å². The number of nitrogens with two attached hydrogens (primary N) is 1. The van der Waals surface area contributed by atoms with Gasteiger partial charge in [-0.2, -0.15) is 0 Å². The number of phenols is 1. The molecule has 0 amide bonds. The quantitative estimate of drug-likeness (QED) is 0.405. The van der Waals surface area contributed by atoms with Crippen LogP contribution in [0.15, 0.2) is 23.1 Å². The molecule has 0 aliphatic heterocycles. The predicted octanol–water partition coefficient (Wildman–Crippen LogP) is 2.09. The van der Waals surface area contributed by atoms with Crippen molar-refractivity contribution in [3.63, 3.8) is 0 Å². The van der Waals surface area contributed by atoms with E-state index in [4.69, 9.17) is 10.8 Å². The molecule has 0 spiro atoms. The van der Waals surface area contributed by atoms with Gasteiger partial charge in [-0.25, -0.2) is 0 Å². The van der Waals surface area contributed by atoms with Crippen molar-refractivity contribution in [3.8, 4) is 5.75 Å². The van der Waals surface area contributed by atoms with Gasteiger partial charge < -0.3 is 10.8 Å². The molecular weight excluding hydrogens is 158 g/mol. The third kappa shape index (κ3) is 2.05. The van der Waals surface area contributed by atoms with Crippen LogP contribution in [0.4, 0.5) is 5.69 Å². The van der Waals surface area contributed by atoms with Crippen molar-refractivity contribution >= 4 is 17.4 Å². The summed E-state index contributed by atoms with van der Waals surface area (Å²) >= 11 is 1.71. The number of nitrogen functional groups attached to an aromatic ring is 1. The highest BCUT2D eigenvalue weighted by Crippen LogP contribution is 2.26. The molecule has 0 unspecified atom stereocenters. The molecule has 0 radical (unpaired) electrons. The van der Waals surface area contributed by atoms with Crippen LogP contribution in [0.25, 0.3) is 0 Å². The Morgan fingerprint density at radius 2 is 2.27 bits per heavy atom. The van der Waals surface area contributed by atoms with Crippen molar-refractivity contribution in [1.82, 2.24) is 0 Å². The summed E-state index contributed by atoms with van der Waals surface area (Å²) in [6.07, 6.45) is 0. The topological polar surface area (TPSA) is 46.2 Å². The first-order chi connectivity index (χ1) is 5.24. The number of anilines is 1. The Hall–Kier alpha value is -0.830. The average molecular weight is 169 g/mol. The Labute approximate surface area is 70.4 Å². The molecule has 3 heteroatoms. The lowest BCUT2D eigenvalue weighted by molar-refractivity contribution is 0.477. The van der Waals surface area contributed by atoms with Crippen LogP contribution < -0.4 is 5.73 Å². The van der Waals surface area contributed by atoms with Crippen LogP contribution in [-0.2, 0) is 0 Å². The molecule has 11 heavy (non-hydrogen) atoms. The summed E-state index contributed by atoms with van der Waals surface area (Å²) in [5.41, 5.74) is 5.94. The Bertz CT molecular complexity index is 250. The Balaban J connectivity index is 2.86. The van der Waals surface area contributed by atoms with Crippen molar-refractivity contribution < 1.29 is 5.11 Å². The first-order valence-corrected chi connectivity index (χ1v) is 4.44. The average Bonchev–Trinajstić information content (AvgIpc) is 1.98. The third-order valence-electron chi connectivity index (χ3n) is 1.31. The molecule has 0 atom stereocenters. The molecule has 1 aromatic carbocycles. The molecule has 1 aromatic rings. The fourth-order valence-corrected chi connectivity index (χ4v) is 1.50. The zero-order valence-electron chi connectivity index (χ0n) is 6.37. The minimum Gasteiger partial charge on any atom is -0.506 e. The van der Waals surface area contributed by atoms with Gasteiger partial charge in [0, 0.05) is 4.90 Å². The van der Waals surface area contributed by atoms with Gasteiger partial charge in [-0.3, -0.25) is 0 Å². The van der Waals surface area contributed by atoms with E-state index in [0.717, 1.165) is 10.6 Å². The fraction of sp³-hybridized carbons (Fsp3) is 0.250. The van der Waals surface area contributed by atoms with Gasteiger partial charge in [0.15, 0.2) is 0 Å². The number of benzene rings is 1. The maximum atomic E-state index is 9.08. The van der Waals surface area contributed by atoms with E-state index in [2.05, 4.69) is 6.92 Å². The van der Waals surface area contributed by atoms with Crippen molar-refractivity contribution in [2.75, 3.05) is 11.5 Å². The zero-order valence-corrected chi connectivity index (χ0v) is 7.19. The fourth-order valence-electron chi connectivity index (χ4n) is 0.789. The van der Waals surface area contributed by atoms with Crippen LogP contribution in [0.2, 0.25) is 0 Å². The van der Waals surface area contributed by atoms with Gasteiger partial charge in [-0.15, -0.1) is 11.8 Å². The number of aromatic hydroxyl groups is 1. The molecule has 0 aliphatic carbocycles. The number of hydrogen-bond acceptors (Lipinski definition) is 3.